The quantitative estimate of drug-likeness (QED) is 0.631. The average Bonchev–Trinajstić information content (AvgIpc) is 3.03. The van der Waals surface area contributed by atoms with E-state index in [0.717, 1.165) is 16.9 Å². The second kappa shape index (κ2) is 7.07. The molecule has 25 heavy (non-hydrogen) atoms. The molecule has 0 unspecified atom stereocenters. The van der Waals surface area contributed by atoms with E-state index in [0.29, 0.717) is 16.3 Å². The third-order valence-corrected chi connectivity index (χ3v) is 4.15. The number of carbonyl (C=O) groups excluding carboxylic acids is 1. The van der Waals surface area contributed by atoms with Crippen LogP contribution in [-0.4, -0.2) is 20.5 Å². The molecule has 0 fully saturated rings. The molecular weight excluding hydrogens is 338 g/mol. The number of nitrogens with zero attached hydrogens (tertiary/aromatic N) is 3. The van der Waals surface area contributed by atoms with Crippen LogP contribution in [0.1, 0.15) is 27.0 Å². The van der Waals surface area contributed by atoms with Crippen molar-refractivity contribution in [2.24, 2.45) is 0 Å². The molecule has 0 atom stereocenters. The van der Waals surface area contributed by atoms with Crippen molar-refractivity contribution in [1.82, 2.24) is 14.8 Å². The fourth-order valence-electron chi connectivity index (χ4n) is 2.78. The van der Waals surface area contributed by atoms with Gasteiger partial charge in [0.25, 0.3) is 0 Å². The summed E-state index contributed by atoms with van der Waals surface area (Å²) in [6.07, 6.45) is 2.88. The molecule has 0 aliphatic rings. The summed E-state index contributed by atoms with van der Waals surface area (Å²) in [7, 11) is 0. The highest BCUT2D eigenvalue weighted by atomic mass is 35.5. The molecule has 0 bridgehead atoms. The summed E-state index contributed by atoms with van der Waals surface area (Å²) in [5.41, 5.74) is 3.73. The SMILES string of the molecule is Cc1cc(C)c(Oc2ccc(C(=O)Cn3cncn3)c(Cl)c2)c(C)c1. The monoisotopic (exact) mass is 355 g/mol. The summed E-state index contributed by atoms with van der Waals surface area (Å²) in [5, 5.41) is 4.28. The summed E-state index contributed by atoms with van der Waals surface area (Å²) in [6.45, 7) is 6.16. The highest BCUT2D eigenvalue weighted by Gasteiger charge is 2.14. The van der Waals surface area contributed by atoms with Crippen LogP contribution >= 0.6 is 11.6 Å². The third-order valence-electron chi connectivity index (χ3n) is 3.84. The Bertz CT molecular complexity index is 897. The van der Waals surface area contributed by atoms with Crippen LogP contribution < -0.4 is 4.74 Å². The van der Waals surface area contributed by atoms with Crippen molar-refractivity contribution in [3.63, 3.8) is 0 Å². The van der Waals surface area contributed by atoms with E-state index >= 15 is 0 Å². The van der Waals surface area contributed by atoms with Gasteiger partial charge < -0.3 is 4.74 Å². The molecule has 3 aromatic rings. The molecule has 0 spiro atoms. The minimum absolute atomic E-state index is 0.0934. The van der Waals surface area contributed by atoms with Crippen LogP contribution in [0.15, 0.2) is 43.0 Å². The number of aromatic nitrogens is 3. The minimum Gasteiger partial charge on any atom is -0.457 e. The van der Waals surface area contributed by atoms with Gasteiger partial charge in [0.2, 0.25) is 0 Å². The van der Waals surface area contributed by atoms with E-state index in [-0.39, 0.29) is 12.3 Å². The number of rotatable bonds is 5. The predicted molar refractivity (Wildman–Crippen MR) is 96.5 cm³/mol. The lowest BCUT2D eigenvalue weighted by Gasteiger charge is -2.14. The van der Waals surface area contributed by atoms with E-state index in [9.17, 15) is 4.79 Å². The molecule has 0 N–H and O–H groups in total. The van der Waals surface area contributed by atoms with Crippen LogP contribution in [0.2, 0.25) is 5.02 Å². The second-order valence-corrected chi connectivity index (χ2v) is 6.39. The van der Waals surface area contributed by atoms with Gasteiger partial charge in [-0.2, -0.15) is 5.10 Å². The molecule has 0 aliphatic heterocycles. The highest BCUT2D eigenvalue weighted by Crippen LogP contribution is 2.32. The van der Waals surface area contributed by atoms with E-state index < -0.39 is 0 Å². The van der Waals surface area contributed by atoms with Crippen LogP contribution in [-0.2, 0) is 6.54 Å². The fraction of sp³-hybridized carbons (Fsp3) is 0.211. The molecule has 0 aliphatic carbocycles. The fourth-order valence-corrected chi connectivity index (χ4v) is 3.05. The van der Waals surface area contributed by atoms with Crippen molar-refractivity contribution in [3.8, 4) is 11.5 Å². The first kappa shape index (κ1) is 17.2. The Balaban J connectivity index is 1.81. The Hall–Kier alpha value is -2.66. The maximum Gasteiger partial charge on any atom is 0.185 e. The van der Waals surface area contributed by atoms with Gasteiger partial charge in [0.15, 0.2) is 5.78 Å². The van der Waals surface area contributed by atoms with Gasteiger partial charge in [-0.05, 0) is 44.0 Å². The first-order valence-electron chi connectivity index (χ1n) is 7.85. The van der Waals surface area contributed by atoms with Gasteiger partial charge >= 0.3 is 0 Å². The number of aryl methyl sites for hydroxylation is 3. The number of Topliss-reactive ketones (excluding diaryl/α,β-unsaturated/α-hetero) is 1. The summed E-state index contributed by atoms with van der Waals surface area (Å²) in [5.74, 6) is 1.27. The molecule has 0 saturated heterocycles. The van der Waals surface area contributed by atoms with Crippen molar-refractivity contribution in [1.29, 1.82) is 0 Å². The predicted octanol–water partition coefficient (Wildman–Crippen LogP) is 4.53. The number of carbonyl (C=O) groups is 1. The summed E-state index contributed by atoms with van der Waals surface area (Å²) in [6, 6.07) is 9.23. The molecule has 128 valence electrons. The van der Waals surface area contributed by atoms with E-state index in [2.05, 4.69) is 29.1 Å². The maximum atomic E-state index is 12.3. The normalized spacial score (nSPS) is 10.7. The van der Waals surface area contributed by atoms with Gasteiger partial charge in [-0.1, -0.05) is 29.3 Å². The van der Waals surface area contributed by atoms with Crippen LogP contribution in [0.4, 0.5) is 0 Å². The van der Waals surface area contributed by atoms with Crippen LogP contribution in [0.25, 0.3) is 0 Å². The lowest BCUT2D eigenvalue weighted by molar-refractivity contribution is 0.0967. The third kappa shape index (κ3) is 3.88. The number of ether oxygens (including phenoxy) is 1. The van der Waals surface area contributed by atoms with Crippen molar-refractivity contribution in [3.05, 3.63) is 70.3 Å². The van der Waals surface area contributed by atoms with Gasteiger partial charge in [0, 0.05) is 11.6 Å². The van der Waals surface area contributed by atoms with Gasteiger partial charge in [-0.15, -0.1) is 0 Å². The van der Waals surface area contributed by atoms with Crippen molar-refractivity contribution in [2.45, 2.75) is 27.3 Å². The number of halogens is 1. The Morgan fingerprint density at radius 3 is 2.48 bits per heavy atom. The van der Waals surface area contributed by atoms with Crippen LogP contribution in [0.5, 0.6) is 11.5 Å². The molecule has 1 aromatic heterocycles. The molecule has 5 nitrogen and oxygen atoms in total. The second-order valence-electron chi connectivity index (χ2n) is 5.99. The molecular formula is C19H18ClN3O2. The molecule has 6 heteroatoms. The number of hydrogen-bond donors (Lipinski definition) is 0. The minimum atomic E-state index is -0.134. The Morgan fingerprint density at radius 1 is 1.16 bits per heavy atom. The molecule has 1 heterocycles. The topological polar surface area (TPSA) is 57.0 Å². The molecule has 2 aromatic carbocycles. The summed E-state index contributed by atoms with van der Waals surface area (Å²) < 4.78 is 7.45. The average molecular weight is 356 g/mol. The first-order valence-corrected chi connectivity index (χ1v) is 8.22. The maximum absolute atomic E-state index is 12.3. The van der Waals surface area contributed by atoms with E-state index in [1.54, 1.807) is 18.2 Å². The summed E-state index contributed by atoms with van der Waals surface area (Å²) >= 11 is 6.29. The lowest BCUT2D eigenvalue weighted by atomic mass is 10.1. The standard InChI is InChI=1S/C19H18ClN3O2/c1-12-6-13(2)19(14(3)7-12)25-15-4-5-16(17(20)8-15)18(24)9-23-11-21-10-22-23/h4-8,10-11H,9H2,1-3H3. The molecule has 0 radical (unpaired) electrons. The first-order chi connectivity index (χ1) is 11.9. The van der Waals surface area contributed by atoms with E-state index in [1.807, 2.05) is 13.8 Å². The Morgan fingerprint density at radius 2 is 1.88 bits per heavy atom. The van der Waals surface area contributed by atoms with E-state index in [4.69, 9.17) is 16.3 Å². The van der Waals surface area contributed by atoms with Crippen molar-refractivity contribution >= 4 is 17.4 Å². The van der Waals surface area contributed by atoms with Crippen LogP contribution in [0.3, 0.4) is 0 Å². The largest absolute Gasteiger partial charge is 0.457 e. The molecule has 0 saturated carbocycles. The molecule has 3 rings (SSSR count). The van der Waals surface area contributed by atoms with Crippen molar-refractivity contribution < 1.29 is 9.53 Å². The number of hydrogen-bond acceptors (Lipinski definition) is 4. The summed E-state index contributed by atoms with van der Waals surface area (Å²) in [4.78, 5) is 16.2. The number of benzene rings is 2. The van der Waals surface area contributed by atoms with Crippen molar-refractivity contribution in [2.75, 3.05) is 0 Å². The smallest absolute Gasteiger partial charge is 0.185 e. The van der Waals surface area contributed by atoms with Gasteiger partial charge in [-0.25, -0.2) is 9.67 Å². The Kier molecular flexibility index (Phi) is 4.86. The number of ketones is 1. The Labute approximate surface area is 151 Å². The van der Waals surface area contributed by atoms with Gasteiger partial charge in [-0.3, -0.25) is 4.79 Å². The van der Waals surface area contributed by atoms with Crippen LogP contribution in [0, 0.1) is 20.8 Å². The highest BCUT2D eigenvalue weighted by molar-refractivity contribution is 6.34. The van der Waals surface area contributed by atoms with E-state index in [1.165, 1.54) is 22.9 Å². The van der Waals surface area contributed by atoms with Gasteiger partial charge in [0.05, 0.1) is 5.02 Å². The molecule has 0 amide bonds. The van der Waals surface area contributed by atoms with Gasteiger partial charge in [0.1, 0.15) is 30.7 Å². The zero-order valence-electron chi connectivity index (χ0n) is 14.3. The zero-order chi connectivity index (χ0) is 18.0. The lowest BCUT2D eigenvalue weighted by Crippen LogP contribution is -2.11. The zero-order valence-corrected chi connectivity index (χ0v) is 15.0.